The number of rotatable bonds is 6. The van der Waals surface area contributed by atoms with Gasteiger partial charge in [-0.25, -0.2) is 9.59 Å². The van der Waals surface area contributed by atoms with Gasteiger partial charge in [0.1, 0.15) is 11.5 Å². The van der Waals surface area contributed by atoms with Gasteiger partial charge in [-0.15, -0.1) is 0 Å². The fraction of sp³-hybridized carbons (Fsp3) is 0.227. The van der Waals surface area contributed by atoms with Crippen LogP contribution in [-0.2, 0) is 14.3 Å². The zero-order valence-electron chi connectivity index (χ0n) is 16.3. The third kappa shape index (κ3) is 4.45. The Morgan fingerprint density at radius 1 is 1.14 bits per heavy atom. The van der Waals surface area contributed by atoms with Gasteiger partial charge in [0.05, 0.1) is 24.8 Å². The van der Waals surface area contributed by atoms with Crippen LogP contribution in [0.1, 0.15) is 40.1 Å². The molecule has 0 radical (unpaired) electrons. The van der Waals surface area contributed by atoms with Gasteiger partial charge in [0.25, 0.3) is 0 Å². The predicted octanol–water partition coefficient (Wildman–Crippen LogP) is 3.42. The number of carbonyl (C=O) groups is 3. The molecule has 1 aliphatic rings. The predicted molar refractivity (Wildman–Crippen MR) is 104 cm³/mol. The first-order valence-corrected chi connectivity index (χ1v) is 9.03. The molecule has 0 aliphatic carbocycles. The molecule has 0 saturated heterocycles. The highest BCUT2D eigenvalue weighted by Gasteiger charge is 2.28. The standard InChI is InChI=1S/C22H20O7/c1-4-27-21(24)13(2)28-16-9-10-17-18(12-16)29-19(20(17)23)11-14-5-7-15(8-6-14)22(25)26-3/h5-13H,4H2,1-3H3/b19-11-/t13-/m0/s1. The summed E-state index contributed by atoms with van der Waals surface area (Å²) in [5, 5.41) is 0. The van der Waals surface area contributed by atoms with E-state index in [1.807, 2.05) is 0 Å². The smallest absolute Gasteiger partial charge is 0.347 e. The maximum Gasteiger partial charge on any atom is 0.347 e. The summed E-state index contributed by atoms with van der Waals surface area (Å²) < 4.78 is 20.8. The summed E-state index contributed by atoms with van der Waals surface area (Å²) in [7, 11) is 1.31. The minimum Gasteiger partial charge on any atom is -0.479 e. The van der Waals surface area contributed by atoms with Crippen LogP contribution in [0.15, 0.2) is 48.2 Å². The second-order valence-electron chi connectivity index (χ2n) is 6.22. The summed E-state index contributed by atoms with van der Waals surface area (Å²) in [6.45, 7) is 3.57. The molecule has 0 aromatic heterocycles. The number of hydrogen-bond donors (Lipinski definition) is 0. The molecule has 0 saturated carbocycles. The lowest BCUT2D eigenvalue weighted by Crippen LogP contribution is -2.26. The number of ether oxygens (including phenoxy) is 4. The van der Waals surface area contributed by atoms with Crippen LogP contribution >= 0.6 is 0 Å². The molecule has 7 heteroatoms. The number of carbonyl (C=O) groups excluding carboxylic acids is 3. The number of esters is 2. The average Bonchev–Trinajstić information content (AvgIpc) is 3.02. The number of allylic oxidation sites excluding steroid dienone is 1. The van der Waals surface area contributed by atoms with E-state index in [4.69, 9.17) is 14.2 Å². The number of methoxy groups -OCH3 is 1. The Balaban J connectivity index is 1.75. The van der Waals surface area contributed by atoms with E-state index in [2.05, 4.69) is 4.74 Å². The van der Waals surface area contributed by atoms with Crippen molar-refractivity contribution in [1.82, 2.24) is 0 Å². The van der Waals surface area contributed by atoms with Gasteiger partial charge < -0.3 is 18.9 Å². The molecule has 0 unspecified atom stereocenters. The van der Waals surface area contributed by atoms with Crippen molar-refractivity contribution in [3.63, 3.8) is 0 Å². The zero-order valence-corrected chi connectivity index (χ0v) is 16.3. The molecule has 0 N–H and O–H groups in total. The number of fused-ring (bicyclic) bond motifs is 1. The Hall–Kier alpha value is -3.61. The van der Waals surface area contributed by atoms with Crippen molar-refractivity contribution in [2.75, 3.05) is 13.7 Å². The van der Waals surface area contributed by atoms with E-state index >= 15 is 0 Å². The molecule has 3 rings (SSSR count). The Morgan fingerprint density at radius 2 is 1.86 bits per heavy atom. The van der Waals surface area contributed by atoms with Crippen LogP contribution in [0, 0.1) is 0 Å². The van der Waals surface area contributed by atoms with E-state index < -0.39 is 18.0 Å². The van der Waals surface area contributed by atoms with Gasteiger partial charge in [-0.2, -0.15) is 0 Å². The van der Waals surface area contributed by atoms with E-state index in [0.29, 0.717) is 28.2 Å². The molecule has 1 atom stereocenters. The fourth-order valence-corrected chi connectivity index (χ4v) is 2.74. The summed E-state index contributed by atoms with van der Waals surface area (Å²) in [5.41, 5.74) is 1.51. The Kier molecular flexibility index (Phi) is 5.97. The summed E-state index contributed by atoms with van der Waals surface area (Å²) in [6.07, 6.45) is 0.805. The first-order valence-electron chi connectivity index (χ1n) is 9.03. The molecule has 0 bridgehead atoms. The van der Waals surface area contributed by atoms with E-state index in [-0.39, 0.29) is 18.1 Å². The lowest BCUT2D eigenvalue weighted by atomic mass is 10.1. The molecule has 29 heavy (non-hydrogen) atoms. The van der Waals surface area contributed by atoms with Crippen LogP contribution in [0.2, 0.25) is 0 Å². The highest BCUT2D eigenvalue weighted by Crippen LogP contribution is 2.35. The minimum atomic E-state index is -0.784. The first-order chi connectivity index (χ1) is 13.9. The van der Waals surface area contributed by atoms with Crippen LogP contribution in [-0.4, -0.2) is 37.5 Å². The maximum absolute atomic E-state index is 12.6. The van der Waals surface area contributed by atoms with Crippen LogP contribution in [0.3, 0.4) is 0 Å². The highest BCUT2D eigenvalue weighted by molar-refractivity contribution is 6.14. The van der Waals surface area contributed by atoms with Crippen LogP contribution in [0.25, 0.3) is 6.08 Å². The van der Waals surface area contributed by atoms with Crippen molar-refractivity contribution in [2.24, 2.45) is 0 Å². The highest BCUT2D eigenvalue weighted by atomic mass is 16.6. The quantitative estimate of drug-likeness (QED) is 0.546. The molecule has 0 amide bonds. The summed E-state index contributed by atoms with van der Waals surface area (Å²) in [6, 6.07) is 11.3. The lowest BCUT2D eigenvalue weighted by Gasteiger charge is -2.13. The fourth-order valence-electron chi connectivity index (χ4n) is 2.74. The molecule has 2 aromatic rings. The van der Waals surface area contributed by atoms with E-state index in [0.717, 1.165) is 0 Å². The summed E-state index contributed by atoms with van der Waals surface area (Å²) in [4.78, 5) is 35.8. The van der Waals surface area contributed by atoms with Gasteiger partial charge in [0, 0.05) is 6.07 Å². The zero-order chi connectivity index (χ0) is 21.0. The lowest BCUT2D eigenvalue weighted by molar-refractivity contribution is -0.150. The molecule has 1 aliphatic heterocycles. The Bertz CT molecular complexity index is 973. The van der Waals surface area contributed by atoms with Crippen LogP contribution in [0.4, 0.5) is 0 Å². The van der Waals surface area contributed by atoms with Crippen molar-refractivity contribution >= 4 is 23.8 Å². The molecule has 2 aromatic carbocycles. The number of hydrogen-bond acceptors (Lipinski definition) is 7. The van der Waals surface area contributed by atoms with E-state index in [9.17, 15) is 14.4 Å². The van der Waals surface area contributed by atoms with Crippen molar-refractivity contribution in [2.45, 2.75) is 20.0 Å². The van der Waals surface area contributed by atoms with Crippen LogP contribution in [0.5, 0.6) is 11.5 Å². The molecular formula is C22H20O7. The second kappa shape index (κ2) is 8.60. The Labute approximate surface area is 167 Å². The third-order valence-corrected chi connectivity index (χ3v) is 4.20. The second-order valence-corrected chi connectivity index (χ2v) is 6.22. The van der Waals surface area contributed by atoms with Gasteiger partial charge in [-0.3, -0.25) is 4.79 Å². The van der Waals surface area contributed by atoms with Gasteiger partial charge in [-0.05, 0) is 49.8 Å². The third-order valence-electron chi connectivity index (χ3n) is 4.20. The molecule has 7 nitrogen and oxygen atoms in total. The molecule has 0 fully saturated rings. The van der Waals surface area contributed by atoms with Crippen molar-refractivity contribution < 1.29 is 33.3 Å². The van der Waals surface area contributed by atoms with Gasteiger partial charge in [-0.1, -0.05) is 12.1 Å². The van der Waals surface area contributed by atoms with E-state index in [1.165, 1.54) is 7.11 Å². The number of ketones is 1. The van der Waals surface area contributed by atoms with Crippen molar-refractivity contribution in [3.05, 3.63) is 64.9 Å². The van der Waals surface area contributed by atoms with Crippen molar-refractivity contribution in [1.29, 1.82) is 0 Å². The average molecular weight is 396 g/mol. The Morgan fingerprint density at radius 3 is 2.52 bits per heavy atom. The largest absolute Gasteiger partial charge is 0.479 e. The summed E-state index contributed by atoms with van der Waals surface area (Å²) >= 11 is 0. The molecule has 150 valence electrons. The van der Waals surface area contributed by atoms with Gasteiger partial charge in [0.15, 0.2) is 11.9 Å². The van der Waals surface area contributed by atoms with Crippen LogP contribution < -0.4 is 9.47 Å². The molecular weight excluding hydrogens is 376 g/mol. The van der Waals surface area contributed by atoms with Gasteiger partial charge >= 0.3 is 11.9 Å². The van der Waals surface area contributed by atoms with E-state index in [1.54, 1.807) is 62.4 Å². The normalized spacial score (nSPS) is 14.7. The van der Waals surface area contributed by atoms with Gasteiger partial charge in [0.2, 0.25) is 5.78 Å². The summed E-state index contributed by atoms with van der Waals surface area (Å²) in [5.74, 6) is -0.277. The number of Topliss-reactive ketones (excluding diaryl/α,β-unsaturated/α-hetero) is 1. The molecule has 1 heterocycles. The monoisotopic (exact) mass is 396 g/mol. The maximum atomic E-state index is 12.6. The topological polar surface area (TPSA) is 88.1 Å². The molecule has 0 spiro atoms. The number of benzene rings is 2. The van der Waals surface area contributed by atoms with Crippen molar-refractivity contribution in [3.8, 4) is 11.5 Å². The first kappa shape index (κ1) is 20.1. The minimum absolute atomic E-state index is 0.154. The SMILES string of the molecule is CCOC(=O)[C@H](C)Oc1ccc2c(c1)O/C(=C\c1ccc(C(=O)OC)cc1)C2=O.